The summed E-state index contributed by atoms with van der Waals surface area (Å²) in [4.78, 5) is 15.9. The highest BCUT2D eigenvalue weighted by Gasteiger charge is 2.20. The molecule has 0 atom stereocenters. The van der Waals surface area contributed by atoms with Gasteiger partial charge in [0, 0.05) is 44.9 Å². The lowest BCUT2D eigenvalue weighted by molar-refractivity contribution is 0.0286. The van der Waals surface area contributed by atoms with Crippen LogP contribution in [0.3, 0.4) is 0 Å². The van der Waals surface area contributed by atoms with Crippen molar-refractivity contribution >= 4 is 17.7 Å². The zero-order valence-electron chi connectivity index (χ0n) is 19.9. The number of nitrogens with zero attached hydrogens (tertiary/aromatic N) is 4. The molecule has 0 saturated carbocycles. The van der Waals surface area contributed by atoms with Gasteiger partial charge in [-0.2, -0.15) is 5.10 Å². The summed E-state index contributed by atoms with van der Waals surface area (Å²) in [6.45, 7) is 11.5. The Labute approximate surface area is 190 Å². The molecule has 0 bridgehead atoms. The number of rotatable bonds is 8. The lowest BCUT2D eigenvalue weighted by Gasteiger charge is -2.26. The predicted octanol–water partition coefficient (Wildman–Crippen LogP) is 4.83. The summed E-state index contributed by atoms with van der Waals surface area (Å²) in [5.74, 6) is 0.673. The molecule has 31 heavy (non-hydrogen) atoms. The third kappa shape index (κ3) is 7.43. The van der Waals surface area contributed by atoms with Crippen molar-refractivity contribution in [3.63, 3.8) is 0 Å². The molecule has 0 saturated heterocycles. The van der Waals surface area contributed by atoms with Crippen molar-refractivity contribution in [1.29, 1.82) is 0 Å². The van der Waals surface area contributed by atoms with E-state index in [1.807, 2.05) is 77.8 Å². The van der Waals surface area contributed by atoms with Gasteiger partial charge in [-0.25, -0.2) is 4.79 Å². The molecule has 1 aromatic carbocycles. The van der Waals surface area contributed by atoms with Gasteiger partial charge in [-0.05, 0) is 59.9 Å². The largest absolute Gasteiger partial charge is 0.489 e. The second kappa shape index (κ2) is 10.4. The molecule has 0 aliphatic heterocycles. The summed E-state index contributed by atoms with van der Waals surface area (Å²) in [5, 5.41) is 5.02. The highest BCUT2D eigenvalue weighted by Crippen LogP contribution is 2.32. The maximum Gasteiger partial charge on any atom is 0.410 e. The number of aryl methyl sites for hydroxylation is 1. The number of hydrogen-bond donors (Lipinski definition) is 0. The number of ether oxygens (including phenoxy) is 2. The van der Waals surface area contributed by atoms with Gasteiger partial charge in [-0.1, -0.05) is 11.6 Å². The van der Waals surface area contributed by atoms with Crippen LogP contribution in [0.5, 0.6) is 5.75 Å². The zero-order chi connectivity index (χ0) is 23.3. The minimum absolute atomic E-state index is 0.0584. The quantitative estimate of drug-likeness (QED) is 0.576. The van der Waals surface area contributed by atoms with Crippen molar-refractivity contribution in [2.45, 2.75) is 52.9 Å². The lowest BCUT2D eigenvalue weighted by Crippen LogP contribution is -2.38. The van der Waals surface area contributed by atoms with Crippen LogP contribution in [0.25, 0.3) is 11.3 Å². The van der Waals surface area contributed by atoms with E-state index in [4.69, 9.17) is 21.1 Å². The minimum atomic E-state index is -0.501. The molecule has 0 unspecified atom stereocenters. The monoisotopic (exact) mass is 450 g/mol. The number of halogens is 1. The van der Waals surface area contributed by atoms with E-state index in [1.54, 1.807) is 11.9 Å². The van der Waals surface area contributed by atoms with Crippen molar-refractivity contribution < 1.29 is 14.3 Å². The van der Waals surface area contributed by atoms with Gasteiger partial charge in [0.15, 0.2) is 0 Å². The summed E-state index contributed by atoms with van der Waals surface area (Å²) in [6.07, 6.45) is 1.61. The molecular formula is C23H35ClN4O3. The molecule has 8 heteroatoms. The van der Waals surface area contributed by atoms with E-state index in [2.05, 4.69) is 10.00 Å². The van der Waals surface area contributed by atoms with Gasteiger partial charge >= 0.3 is 6.09 Å². The number of carbonyl (C=O) groups excluding carboxylic acids is 1. The van der Waals surface area contributed by atoms with Crippen molar-refractivity contribution in [3.05, 3.63) is 35.0 Å². The Morgan fingerprint density at radius 1 is 1.23 bits per heavy atom. The molecule has 0 aliphatic carbocycles. The molecular weight excluding hydrogens is 416 g/mol. The maximum atomic E-state index is 12.1. The molecule has 1 heterocycles. The van der Waals surface area contributed by atoms with E-state index in [-0.39, 0.29) is 12.2 Å². The normalized spacial score (nSPS) is 11.8. The van der Waals surface area contributed by atoms with Crippen LogP contribution >= 0.6 is 11.6 Å². The molecule has 7 nitrogen and oxygen atoms in total. The van der Waals surface area contributed by atoms with Crippen molar-refractivity contribution in [1.82, 2.24) is 19.6 Å². The van der Waals surface area contributed by atoms with E-state index in [0.29, 0.717) is 30.4 Å². The van der Waals surface area contributed by atoms with Gasteiger partial charge in [0.05, 0.1) is 23.0 Å². The van der Waals surface area contributed by atoms with Gasteiger partial charge in [0.2, 0.25) is 0 Å². The maximum absolute atomic E-state index is 12.1. The molecule has 1 amide bonds. The molecule has 0 fully saturated rings. The van der Waals surface area contributed by atoms with Crippen LogP contribution in [0.15, 0.2) is 24.4 Å². The van der Waals surface area contributed by atoms with Gasteiger partial charge in [-0.15, -0.1) is 0 Å². The van der Waals surface area contributed by atoms with E-state index < -0.39 is 5.60 Å². The lowest BCUT2D eigenvalue weighted by atomic mass is 10.1. The molecule has 1 aromatic heterocycles. The van der Waals surface area contributed by atoms with Crippen molar-refractivity contribution in [2.24, 2.45) is 7.05 Å². The Morgan fingerprint density at radius 3 is 2.48 bits per heavy atom. The average molecular weight is 451 g/mol. The van der Waals surface area contributed by atoms with Crippen LogP contribution in [-0.4, -0.2) is 64.6 Å². The van der Waals surface area contributed by atoms with Crippen LogP contribution in [0.1, 0.15) is 40.2 Å². The third-order valence-corrected chi connectivity index (χ3v) is 4.84. The van der Waals surface area contributed by atoms with Crippen LogP contribution in [0, 0.1) is 0 Å². The fourth-order valence-electron chi connectivity index (χ4n) is 3.09. The first-order valence-electron chi connectivity index (χ1n) is 10.5. The number of likely N-dealkylation sites (N-methyl/N-ethyl adjacent to an activating group) is 2. The number of aromatic nitrogens is 2. The Hall–Kier alpha value is -2.25. The summed E-state index contributed by atoms with van der Waals surface area (Å²) in [7, 11) is 5.69. The molecule has 2 rings (SSSR count). The Balaban J connectivity index is 2.06. The SMILES string of the molecule is CC(C)Oc1ccc(-c2c(CN(C)CCN(C)C(=O)OC(C)(C)C)cnn2C)cc1Cl. The minimum Gasteiger partial charge on any atom is -0.489 e. The first-order valence-corrected chi connectivity index (χ1v) is 10.8. The van der Waals surface area contributed by atoms with Crippen LogP contribution < -0.4 is 4.74 Å². The zero-order valence-corrected chi connectivity index (χ0v) is 20.7. The fourth-order valence-corrected chi connectivity index (χ4v) is 3.32. The summed E-state index contributed by atoms with van der Waals surface area (Å²) >= 11 is 6.45. The van der Waals surface area contributed by atoms with E-state index in [1.165, 1.54) is 0 Å². The number of benzene rings is 1. The Kier molecular flexibility index (Phi) is 8.37. The number of hydrogen-bond acceptors (Lipinski definition) is 5. The van der Waals surface area contributed by atoms with Gasteiger partial charge < -0.3 is 19.3 Å². The first-order chi connectivity index (χ1) is 14.4. The standard InChI is InChI=1S/C23H35ClN4O3/c1-16(2)30-20-10-9-17(13-19(20)24)21-18(14-25-28(21)8)15-26(6)11-12-27(7)22(29)31-23(3,4)5/h9-10,13-14,16H,11-12,15H2,1-8H3. The molecule has 0 spiro atoms. The number of amides is 1. The van der Waals surface area contributed by atoms with Crippen LogP contribution in [0.4, 0.5) is 4.79 Å². The van der Waals surface area contributed by atoms with E-state index in [0.717, 1.165) is 16.8 Å². The highest BCUT2D eigenvalue weighted by atomic mass is 35.5. The van der Waals surface area contributed by atoms with E-state index in [9.17, 15) is 4.79 Å². The van der Waals surface area contributed by atoms with Crippen LogP contribution in [-0.2, 0) is 18.3 Å². The van der Waals surface area contributed by atoms with E-state index >= 15 is 0 Å². The Bertz CT molecular complexity index is 889. The summed E-state index contributed by atoms with van der Waals surface area (Å²) in [5.41, 5.74) is 2.57. The van der Waals surface area contributed by atoms with Gasteiger partial charge in [0.1, 0.15) is 11.4 Å². The third-order valence-electron chi connectivity index (χ3n) is 4.55. The van der Waals surface area contributed by atoms with Gasteiger partial charge in [-0.3, -0.25) is 4.68 Å². The summed E-state index contributed by atoms with van der Waals surface area (Å²) < 4.78 is 13.0. The molecule has 0 radical (unpaired) electrons. The second-order valence-corrected chi connectivity index (χ2v) is 9.50. The topological polar surface area (TPSA) is 59.8 Å². The van der Waals surface area contributed by atoms with Crippen LogP contribution in [0.2, 0.25) is 5.02 Å². The second-order valence-electron chi connectivity index (χ2n) is 9.09. The van der Waals surface area contributed by atoms with Crippen molar-refractivity contribution in [2.75, 3.05) is 27.2 Å². The molecule has 0 N–H and O–H groups in total. The number of carbonyl (C=O) groups is 1. The van der Waals surface area contributed by atoms with Crippen molar-refractivity contribution in [3.8, 4) is 17.0 Å². The smallest absolute Gasteiger partial charge is 0.410 e. The Morgan fingerprint density at radius 2 is 1.90 bits per heavy atom. The molecule has 172 valence electrons. The average Bonchev–Trinajstić information content (AvgIpc) is 2.99. The fraction of sp³-hybridized carbons (Fsp3) is 0.565. The molecule has 2 aromatic rings. The summed E-state index contributed by atoms with van der Waals surface area (Å²) in [6, 6.07) is 5.81. The predicted molar refractivity (Wildman–Crippen MR) is 125 cm³/mol. The molecule has 0 aliphatic rings. The van der Waals surface area contributed by atoms with Gasteiger partial charge in [0.25, 0.3) is 0 Å². The highest BCUT2D eigenvalue weighted by molar-refractivity contribution is 6.32. The first kappa shape index (κ1) is 25.0.